The van der Waals surface area contributed by atoms with E-state index in [1.165, 1.54) is 16.2 Å². The average molecular weight is 291 g/mol. The minimum Gasteiger partial charge on any atom is -0.355 e. The van der Waals surface area contributed by atoms with E-state index in [1.807, 2.05) is 17.5 Å². The van der Waals surface area contributed by atoms with Gasteiger partial charge < -0.3 is 14.7 Å². The van der Waals surface area contributed by atoms with Gasteiger partial charge in [0.2, 0.25) is 5.91 Å². The van der Waals surface area contributed by atoms with Crippen molar-refractivity contribution in [3.05, 3.63) is 29.3 Å². The molecule has 2 aromatic heterocycles. The van der Waals surface area contributed by atoms with Gasteiger partial charge in [-0.1, -0.05) is 11.2 Å². The predicted molar refractivity (Wildman–Crippen MR) is 73.3 cm³/mol. The van der Waals surface area contributed by atoms with E-state index < -0.39 is 0 Å². The number of nitrogens with zero attached hydrogens (tertiary/aromatic N) is 2. The lowest BCUT2D eigenvalue weighted by molar-refractivity contribution is -0.121. The lowest BCUT2D eigenvalue weighted by Crippen LogP contribution is -2.37. The largest absolute Gasteiger partial charge is 0.355 e. The third kappa shape index (κ3) is 2.57. The van der Waals surface area contributed by atoms with Crippen molar-refractivity contribution in [3.63, 3.8) is 0 Å². The molecule has 0 saturated carbocycles. The van der Waals surface area contributed by atoms with Crippen LogP contribution in [0.1, 0.15) is 16.9 Å². The van der Waals surface area contributed by atoms with Crippen molar-refractivity contribution in [2.45, 2.75) is 6.42 Å². The first-order valence-electron chi connectivity index (χ1n) is 6.30. The second-order valence-electron chi connectivity index (χ2n) is 4.48. The SMILES string of the molecule is O=C1CN(C(=O)c2cc(-c3cccs3)on2)CCCN1. The van der Waals surface area contributed by atoms with Gasteiger partial charge in [-0.05, 0) is 17.9 Å². The van der Waals surface area contributed by atoms with Gasteiger partial charge in [0.1, 0.15) is 0 Å². The van der Waals surface area contributed by atoms with E-state index in [0.29, 0.717) is 18.8 Å². The number of nitrogens with one attached hydrogen (secondary N) is 1. The first-order chi connectivity index (χ1) is 9.74. The molecule has 0 unspecified atom stereocenters. The van der Waals surface area contributed by atoms with Gasteiger partial charge in [0, 0.05) is 19.2 Å². The van der Waals surface area contributed by atoms with Crippen molar-refractivity contribution in [1.82, 2.24) is 15.4 Å². The highest BCUT2D eigenvalue weighted by atomic mass is 32.1. The zero-order valence-corrected chi connectivity index (χ0v) is 11.5. The molecule has 3 rings (SSSR count). The molecule has 0 spiro atoms. The Morgan fingerprint density at radius 3 is 3.20 bits per heavy atom. The number of hydrogen-bond donors (Lipinski definition) is 1. The summed E-state index contributed by atoms with van der Waals surface area (Å²) in [5, 5.41) is 8.47. The van der Waals surface area contributed by atoms with Gasteiger partial charge in [0.25, 0.3) is 5.91 Å². The van der Waals surface area contributed by atoms with E-state index in [-0.39, 0.29) is 24.1 Å². The van der Waals surface area contributed by atoms with Crippen LogP contribution in [-0.4, -0.2) is 41.5 Å². The van der Waals surface area contributed by atoms with Gasteiger partial charge in [0.15, 0.2) is 11.5 Å². The molecule has 1 saturated heterocycles. The van der Waals surface area contributed by atoms with Gasteiger partial charge in [-0.3, -0.25) is 9.59 Å². The van der Waals surface area contributed by atoms with Gasteiger partial charge in [0.05, 0.1) is 11.4 Å². The Bertz CT molecular complexity index is 621. The molecule has 0 aromatic carbocycles. The molecule has 6 nitrogen and oxygen atoms in total. The van der Waals surface area contributed by atoms with E-state index in [1.54, 1.807) is 6.07 Å². The van der Waals surface area contributed by atoms with E-state index in [9.17, 15) is 9.59 Å². The molecular formula is C13H13N3O3S. The third-order valence-corrected chi connectivity index (χ3v) is 3.93. The molecule has 0 aliphatic carbocycles. The topological polar surface area (TPSA) is 75.4 Å². The fourth-order valence-corrected chi connectivity index (χ4v) is 2.73. The van der Waals surface area contributed by atoms with Crippen LogP contribution in [0, 0.1) is 0 Å². The molecule has 1 fully saturated rings. The molecule has 1 aliphatic rings. The second kappa shape index (κ2) is 5.46. The summed E-state index contributed by atoms with van der Waals surface area (Å²) in [7, 11) is 0. The van der Waals surface area contributed by atoms with Crippen molar-refractivity contribution >= 4 is 23.2 Å². The van der Waals surface area contributed by atoms with E-state index in [0.717, 1.165) is 11.3 Å². The normalized spacial score (nSPS) is 15.8. The van der Waals surface area contributed by atoms with Crippen molar-refractivity contribution in [2.24, 2.45) is 0 Å². The number of carbonyl (C=O) groups excluding carboxylic acids is 2. The summed E-state index contributed by atoms with van der Waals surface area (Å²) in [6, 6.07) is 5.43. The predicted octanol–water partition coefficient (Wildman–Crippen LogP) is 1.37. The number of carbonyl (C=O) groups is 2. The molecule has 0 atom stereocenters. The summed E-state index contributed by atoms with van der Waals surface area (Å²) in [4.78, 5) is 26.2. The number of aromatic nitrogens is 1. The van der Waals surface area contributed by atoms with Crippen LogP contribution in [-0.2, 0) is 4.79 Å². The van der Waals surface area contributed by atoms with Crippen LogP contribution in [0.2, 0.25) is 0 Å². The minimum atomic E-state index is -0.270. The molecule has 20 heavy (non-hydrogen) atoms. The quantitative estimate of drug-likeness (QED) is 0.906. The highest BCUT2D eigenvalue weighted by molar-refractivity contribution is 7.13. The maximum atomic E-state index is 12.3. The maximum absolute atomic E-state index is 12.3. The fourth-order valence-electron chi connectivity index (χ4n) is 2.05. The van der Waals surface area contributed by atoms with Crippen LogP contribution in [0.4, 0.5) is 0 Å². The van der Waals surface area contributed by atoms with Gasteiger partial charge >= 0.3 is 0 Å². The Morgan fingerprint density at radius 1 is 1.50 bits per heavy atom. The summed E-state index contributed by atoms with van der Waals surface area (Å²) in [5.41, 5.74) is 0.239. The third-order valence-electron chi connectivity index (χ3n) is 3.04. The van der Waals surface area contributed by atoms with Crippen molar-refractivity contribution in [3.8, 4) is 10.6 Å². The monoisotopic (exact) mass is 291 g/mol. The van der Waals surface area contributed by atoms with Crippen LogP contribution in [0.3, 0.4) is 0 Å². The first kappa shape index (κ1) is 12.9. The standard InChI is InChI=1S/C13H13N3O3S/c17-12-8-16(5-2-4-14-12)13(18)9-7-10(19-15-9)11-3-1-6-20-11/h1,3,6-7H,2,4-5,8H2,(H,14,17). The van der Waals surface area contributed by atoms with Crippen LogP contribution < -0.4 is 5.32 Å². The lowest BCUT2D eigenvalue weighted by Gasteiger charge is -2.16. The van der Waals surface area contributed by atoms with Crippen LogP contribution in [0.15, 0.2) is 28.1 Å². The van der Waals surface area contributed by atoms with E-state index >= 15 is 0 Å². The van der Waals surface area contributed by atoms with Crippen LogP contribution in [0.5, 0.6) is 0 Å². The molecule has 0 bridgehead atoms. The number of hydrogen-bond acceptors (Lipinski definition) is 5. The van der Waals surface area contributed by atoms with Crippen LogP contribution >= 0.6 is 11.3 Å². The molecule has 3 heterocycles. The minimum absolute atomic E-state index is 0.0695. The second-order valence-corrected chi connectivity index (χ2v) is 5.43. The molecule has 7 heteroatoms. The number of thiophene rings is 1. The highest BCUT2D eigenvalue weighted by Gasteiger charge is 2.24. The fraction of sp³-hybridized carbons (Fsp3) is 0.308. The molecule has 2 aromatic rings. The smallest absolute Gasteiger partial charge is 0.276 e. The Hall–Kier alpha value is -2.15. The van der Waals surface area contributed by atoms with Crippen molar-refractivity contribution in [1.29, 1.82) is 0 Å². The maximum Gasteiger partial charge on any atom is 0.276 e. The Kier molecular flexibility index (Phi) is 3.51. The molecule has 1 N–H and O–H groups in total. The zero-order valence-electron chi connectivity index (χ0n) is 10.7. The Balaban J connectivity index is 1.78. The lowest BCUT2D eigenvalue weighted by atomic mass is 10.3. The summed E-state index contributed by atoms with van der Waals surface area (Å²) in [5.74, 6) is 0.161. The molecule has 104 valence electrons. The summed E-state index contributed by atoms with van der Waals surface area (Å²) in [6.07, 6.45) is 0.743. The Labute approximate surface area is 119 Å². The molecule has 2 amide bonds. The number of amides is 2. The van der Waals surface area contributed by atoms with Gasteiger partial charge in [-0.15, -0.1) is 11.3 Å². The number of rotatable bonds is 2. The molecule has 0 radical (unpaired) electrons. The first-order valence-corrected chi connectivity index (χ1v) is 7.18. The average Bonchev–Trinajstić information content (AvgIpc) is 3.07. The van der Waals surface area contributed by atoms with E-state index in [4.69, 9.17) is 4.52 Å². The summed E-state index contributed by atoms with van der Waals surface area (Å²) >= 11 is 1.52. The van der Waals surface area contributed by atoms with Crippen molar-refractivity contribution in [2.75, 3.05) is 19.6 Å². The molecule has 1 aliphatic heterocycles. The van der Waals surface area contributed by atoms with E-state index in [2.05, 4.69) is 10.5 Å². The summed E-state index contributed by atoms with van der Waals surface area (Å²) < 4.78 is 5.19. The van der Waals surface area contributed by atoms with Crippen LogP contribution in [0.25, 0.3) is 10.6 Å². The Morgan fingerprint density at radius 2 is 2.40 bits per heavy atom. The van der Waals surface area contributed by atoms with Gasteiger partial charge in [-0.2, -0.15) is 0 Å². The molecular weight excluding hydrogens is 278 g/mol. The summed E-state index contributed by atoms with van der Waals surface area (Å²) in [6.45, 7) is 1.21. The van der Waals surface area contributed by atoms with Crippen molar-refractivity contribution < 1.29 is 14.1 Å². The highest BCUT2D eigenvalue weighted by Crippen LogP contribution is 2.25. The zero-order chi connectivity index (χ0) is 13.9. The van der Waals surface area contributed by atoms with Gasteiger partial charge in [-0.25, -0.2) is 0 Å².